The van der Waals surface area contributed by atoms with E-state index >= 15 is 0 Å². The number of nitrogens with zero attached hydrogens (tertiary/aromatic N) is 2. The van der Waals surface area contributed by atoms with Crippen LogP contribution in [0.3, 0.4) is 0 Å². The van der Waals surface area contributed by atoms with Crippen LogP contribution in [0.4, 0.5) is 0 Å². The number of benzene rings is 1. The third kappa shape index (κ3) is 3.02. The van der Waals surface area contributed by atoms with Gasteiger partial charge in [0.25, 0.3) is 0 Å². The Labute approximate surface area is 135 Å². The van der Waals surface area contributed by atoms with Crippen molar-refractivity contribution in [2.45, 2.75) is 79.1 Å². The Morgan fingerprint density at radius 1 is 0.500 bits per heavy atom. The van der Waals surface area contributed by atoms with Gasteiger partial charge in [0, 0.05) is 0 Å². The van der Waals surface area contributed by atoms with Crippen molar-refractivity contribution in [3.05, 3.63) is 33.4 Å². The average Bonchev–Trinajstić information content (AvgIpc) is 2.42. The van der Waals surface area contributed by atoms with Crippen LogP contribution in [0.5, 0.6) is 0 Å². The Morgan fingerprint density at radius 3 is 0.773 bits per heavy atom. The predicted molar refractivity (Wildman–Crippen MR) is 92.2 cm³/mol. The van der Waals surface area contributed by atoms with Gasteiger partial charge in [-0.15, -0.1) is 0 Å². The van der Waals surface area contributed by atoms with E-state index in [1.54, 1.807) is 0 Å². The first kappa shape index (κ1) is 18.2. The molecule has 2 heteroatoms. The molecule has 0 aromatic heterocycles. The summed E-state index contributed by atoms with van der Waals surface area (Å²) in [4.78, 5) is 0. The van der Waals surface area contributed by atoms with E-state index in [1.165, 1.54) is 0 Å². The zero-order valence-corrected chi connectivity index (χ0v) is 15.2. The molecule has 0 radical (unpaired) electrons. The first-order valence-corrected chi connectivity index (χ1v) is 8.22. The number of hydrogen-bond donors (Lipinski definition) is 0. The lowest BCUT2D eigenvalue weighted by Crippen LogP contribution is -2.15. The molecular weight excluding hydrogens is 268 g/mol. The Morgan fingerprint density at radius 2 is 0.682 bits per heavy atom. The fraction of sp³-hybridized carbons (Fsp3) is 0.600. The summed E-state index contributed by atoms with van der Waals surface area (Å²) in [7, 11) is 0. The highest BCUT2D eigenvalue weighted by atomic mass is 14.4. The maximum absolute atomic E-state index is 9.84. The molecule has 118 valence electrons. The summed E-state index contributed by atoms with van der Waals surface area (Å²) < 4.78 is 0. The maximum Gasteiger partial charge on any atom is 0.0997 e. The van der Waals surface area contributed by atoms with Crippen molar-refractivity contribution in [1.29, 1.82) is 10.5 Å². The Hall–Kier alpha value is -1.80. The standard InChI is InChI=1S/C20H28N2/c1-11(2)17-15(9-21)19(13(5)6)20(14(7)8)16(10-22)18(17)12(3)4/h11-14H,1-8H3. The molecule has 0 aliphatic heterocycles. The van der Waals surface area contributed by atoms with Crippen LogP contribution in [0.15, 0.2) is 0 Å². The van der Waals surface area contributed by atoms with Gasteiger partial charge in [0.1, 0.15) is 0 Å². The highest BCUT2D eigenvalue weighted by molar-refractivity contribution is 5.63. The van der Waals surface area contributed by atoms with E-state index < -0.39 is 0 Å². The van der Waals surface area contributed by atoms with Crippen molar-refractivity contribution in [2.75, 3.05) is 0 Å². The molecule has 0 aliphatic rings. The molecule has 0 fully saturated rings. The van der Waals surface area contributed by atoms with Gasteiger partial charge in [0.15, 0.2) is 0 Å². The maximum atomic E-state index is 9.84. The zero-order valence-electron chi connectivity index (χ0n) is 15.2. The lowest BCUT2D eigenvalue weighted by Gasteiger charge is -2.28. The number of hydrogen-bond acceptors (Lipinski definition) is 2. The topological polar surface area (TPSA) is 47.6 Å². The van der Waals surface area contributed by atoms with E-state index in [0.717, 1.165) is 33.4 Å². The summed E-state index contributed by atoms with van der Waals surface area (Å²) in [6.45, 7) is 16.9. The summed E-state index contributed by atoms with van der Waals surface area (Å²) in [6, 6.07) is 4.92. The summed E-state index contributed by atoms with van der Waals surface area (Å²) in [5, 5.41) is 19.7. The summed E-state index contributed by atoms with van der Waals surface area (Å²) in [5.74, 6) is 0.937. The monoisotopic (exact) mass is 296 g/mol. The molecule has 0 amide bonds. The Balaban J connectivity index is 4.17. The second-order valence-electron chi connectivity index (χ2n) is 7.25. The SMILES string of the molecule is CC(C)c1c(C#N)c(C(C)C)c(C(C)C)c(C#N)c1C(C)C. The molecule has 0 bridgehead atoms. The summed E-state index contributed by atoms with van der Waals surface area (Å²) in [5.41, 5.74) is 5.89. The van der Waals surface area contributed by atoms with Gasteiger partial charge in [-0.3, -0.25) is 0 Å². The minimum atomic E-state index is 0.234. The van der Waals surface area contributed by atoms with Crippen LogP contribution in [0.25, 0.3) is 0 Å². The first-order valence-electron chi connectivity index (χ1n) is 8.22. The molecule has 0 heterocycles. The minimum Gasteiger partial charge on any atom is -0.192 e. The molecule has 0 N–H and O–H groups in total. The third-order valence-electron chi connectivity index (χ3n) is 4.19. The van der Waals surface area contributed by atoms with Crippen LogP contribution in [-0.2, 0) is 0 Å². The molecule has 0 spiro atoms. The van der Waals surface area contributed by atoms with E-state index in [-0.39, 0.29) is 23.7 Å². The van der Waals surface area contributed by atoms with E-state index in [1.807, 2.05) is 0 Å². The van der Waals surface area contributed by atoms with E-state index in [0.29, 0.717) is 0 Å². The van der Waals surface area contributed by atoms with Crippen LogP contribution in [0, 0.1) is 22.7 Å². The molecule has 0 saturated carbocycles. The van der Waals surface area contributed by atoms with Gasteiger partial charge >= 0.3 is 0 Å². The van der Waals surface area contributed by atoms with Crippen LogP contribution in [0.1, 0.15) is 112 Å². The number of nitriles is 2. The van der Waals surface area contributed by atoms with Crippen LogP contribution < -0.4 is 0 Å². The smallest absolute Gasteiger partial charge is 0.0997 e. The second-order valence-corrected chi connectivity index (χ2v) is 7.25. The lowest BCUT2D eigenvalue weighted by atomic mass is 9.74. The minimum absolute atomic E-state index is 0.234. The van der Waals surface area contributed by atoms with Gasteiger partial charge < -0.3 is 0 Å². The van der Waals surface area contributed by atoms with Gasteiger partial charge in [0.05, 0.1) is 23.3 Å². The fourth-order valence-electron chi connectivity index (χ4n) is 3.47. The van der Waals surface area contributed by atoms with Crippen molar-refractivity contribution in [3.63, 3.8) is 0 Å². The van der Waals surface area contributed by atoms with Gasteiger partial charge in [-0.05, 0) is 45.9 Å². The molecule has 0 unspecified atom stereocenters. The van der Waals surface area contributed by atoms with E-state index in [2.05, 4.69) is 67.5 Å². The van der Waals surface area contributed by atoms with E-state index in [9.17, 15) is 10.5 Å². The zero-order chi connectivity index (χ0) is 17.2. The average molecular weight is 296 g/mol. The third-order valence-corrected chi connectivity index (χ3v) is 4.19. The predicted octanol–water partition coefficient (Wildman–Crippen LogP) is 5.92. The molecule has 1 aromatic rings. The van der Waals surface area contributed by atoms with Crippen molar-refractivity contribution >= 4 is 0 Å². The molecular formula is C20H28N2. The van der Waals surface area contributed by atoms with Crippen LogP contribution in [0.2, 0.25) is 0 Å². The van der Waals surface area contributed by atoms with Crippen LogP contribution >= 0.6 is 0 Å². The van der Waals surface area contributed by atoms with Gasteiger partial charge in [-0.25, -0.2) is 0 Å². The molecule has 0 saturated heterocycles. The Kier molecular flexibility index (Phi) is 5.78. The summed E-state index contributed by atoms with van der Waals surface area (Å²) >= 11 is 0. The lowest BCUT2D eigenvalue weighted by molar-refractivity contribution is 0.738. The quantitative estimate of drug-likeness (QED) is 0.692. The second kappa shape index (κ2) is 6.97. The van der Waals surface area contributed by atoms with Gasteiger partial charge in [-0.2, -0.15) is 10.5 Å². The largest absolute Gasteiger partial charge is 0.192 e. The molecule has 1 rings (SSSR count). The molecule has 1 aromatic carbocycles. The van der Waals surface area contributed by atoms with Gasteiger partial charge in [-0.1, -0.05) is 55.4 Å². The van der Waals surface area contributed by atoms with Crippen LogP contribution in [-0.4, -0.2) is 0 Å². The number of rotatable bonds is 4. The highest BCUT2D eigenvalue weighted by Gasteiger charge is 2.28. The van der Waals surface area contributed by atoms with Crippen molar-refractivity contribution < 1.29 is 0 Å². The van der Waals surface area contributed by atoms with Crippen molar-refractivity contribution in [1.82, 2.24) is 0 Å². The first-order chi connectivity index (χ1) is 10.2. The van der Waals surface area contributed by atoms with Crippen molar-refractivity contribution in [2.24, 2.45) is 0 Å². The highest BCUT2D eigenvalue weighted by Crippen LogP contribution is 2.41. The van der Waals surface area contributed by atoms with Gasteiger partial charge in [0.2, 0.25) is 0 Å². The van der Waals surface area contributed by atoms with Crippen molar-refractivity contribution in [3.8, 4) is 12.1 Å². The molecule has 0 atom stereocenters. The molecule has 0 aliphatic carbocycles. The fourth-order valence-corrected chi connectivity index (χ4v) is 3.47. The summed E-state index contributed by atoms with van der Waals surface area (Å²) in [6.07, 6.45) is 0. The molecule has 2 nitrogen and oxygen atoms in total. The normalized spacial score (nSPS) is 11.4. The molecule has 22 heavy (non-hydrogen) atoms. The van der Waals surface area contributed by atoms with E-state index in [4.69, 9.17) is 0 Å². The Bertz CT molecular complexity index is 537.